The van der Waals surface area contributed by atoms with E-state index in [4.69, 9.17) is 4.74 Å². The number of carbonyl (C=O) groups is 2. The maximum absolute atomic E-state index is 12.6. The summed E-state index contributed by atoms with van der Waals surface area (Å²) < 4.78 is 6.00. The Kier molecular flexibility index (Phi) is 8.08. The number of carbonyl (C=O) groups excluding carboxylic acids is 2. The SMILES string of the molecule is O=C(NC[C@H]1OC(O)[C@H](NC(=O)c2cc([N+](=O)[O-])cc([N+](=O)[O-])c2)[C@@H](O)[C@@H]1O)c1ccc(Br)cc1. The molecule has 1 saturated heterocycles. The standard InChI is InChI=1S/C20H19BrN4O10/c21-11-3-1-9(2-4-11)18(28)22-8-14-16(26)17(27)15(20(30)35-14)23-19(29)10-5-12(24(31)32)7-13(6-10)25(33)34/h1-7,14-17,20,26-27,30H,8H2,(H,22,28)(H,23,29)/t14-,15-,16-,17-,20?/m1/s1. The van der Waals surface area contributed by atoms with Gasteiger partial charge in [-0.25, -0.2) is 0 Å². The van der Waals surface area contributed by atoms with E-state index >= 15 is 0 Å². The molecule has 0 bridgehead atoms. The summed E-state index contributed by atoms with van der Waals surface area (Å²) in [7, 11) is 0. The minimum Gasteiger partial charge on any atom is -0.388 e. The first-order valence-corrected chi connectivity index (χ1v) is 10.8. The second-order valence-electron chi connectivity index (χ2n) is 7.51. The van der Waals surface area contributed by atoms with Gasteiger partial charge in [-0.15, -0.1) is 0 Å². The monoisotopic (exact) mass is 554 g/mol. The van der Waals surface area contributed by atoms with Gasteiger partial charge in [-0.05, 0) is 24.3 Å². The number of aliphatic hydroxyl groups is 3. The van der Waals surface area contributed by atoms with E-state index in [1.54, 1.807) is 24.3 Å². The predicted molar refractivity (Wildman–Crippen MR) is 120 cm³/mol. The summed E-state index contributed by atoms with van der Waals surface area (Å²) in [4.78, 5) is 45.0. The maximum Gasteiger partial charge on any atom is 0.277 e. The van der Waals surface area contributed by atoms with Crippen LogP contribution in [0.3, 0.4) is 0 Å². The van der Waals surface area contributed by atoms with Gasteiger partial charge in [0.2, 0.25) is 0 Å². The normalized spacial score (nSPS) is 23.8. The van der Waals surface area contributed by atoms with E-state index in [0.717, 1.165) is 16.6 Å². The van der Waals surface area contributed by atoms with Crippen molar-refractivity contribution in [1.29, 1.82) is 0 Å². The molecule has 14 nitrogen and oxygen atoms in total. The van der Waals surface area contributed by atoms with E-state index in [0.29, 0.717) is 11.6 Å². The highest BCUT2D eigenvalue weighted by molar-refractivity contribution is 9.10. The molecule has 0 aromatic heterocycles. The van der Waals surface area contributed by atoms with Crippen LogP contribution in [0.1, 0.15) is 20.7 Å². The quantitative estimate of drug-likeness (QED) is 0.232. The molecule has 1 aliphatic rings. The number of nitrogens with one attached hydrogen (secondary N) is 2. The van der Waals surface area contributed by atoms with E-state index in [1.807, 2.05) is 0 Å². The third-order valence-corrected chi connectivity index (χ3v) is 5.70. The number of non-ortho nitro benzene ring substituents is 2. The number of hydrogen-bond donors (Lipinski definition) is 5. The van der Waals surface area contributed by atoms with Crippen molar-refractivity contribution in [2.75, 3.05) is 6.54 Å². The number of amides is 2. The zero-order valence-electron chi connectivity index (χ0n) is 17.6. The van der Waals surface area contributed by atoms with Gasteiger partial charge in [0.05, 0.1) is 21.5 Å². The molecule has 35 heavy (non-hydrogen) atoms. The maximum atomic E-state index is 12.6. The van der Waals surface area contributed by atoms with Crippen molar-refractivity contribution >= 4 is 39.1 Å². The lowest BCUT2D eigenvalue weighted by molar-refractivity contribution is -0.394. The van der Waals surface area contributed by atoms with Crippen molar-refractivity contribution in [2.24, 2.45) is 0 Å². The summed E-state index contributed by atoms with van der Waals surface area (Å²) in [5, 5.41) is 57.8. The first-order chi connectivity index (χ1) is 16.5. The second kappa shape index (κ2) is 10.8. The van der Waals surface area contributed by atoms with Gasteiger partial charge in [-0.2, -0.15) is 0 Å². The van der Waals surface area contributed by atoms with Crippen LogP contribution in [0.2, 0.25) is 0 Å². The topological polar surface area (TPSA) is 214 Å². The van der Waals surface area contributed by atoms with E-state index in [2.05, 4.69) is 26.6 Å². The molecular weight excluding hydrogens is 536 g/mol. The van der Waals surface area contributed by atoms with E-state index in [1.165, 1.54) is 0 Å². The lowest BCUT2D eigenvalue weighted by Crippen LogP contribution is -2.65. The van der Waals surface area contributed by atoms with Crippen LogP contribution in [-0.4, -0.2) is 74.2 Å². The van der Waals surface area contributed by atoms with Crippen LogP contribution in [-0.2, 0) is 4.74 Å². The zero-order chi connectivity index (χ0) is 25.9. The van der Waals surface area contributed by atoms with Gasteiger partial charge in [-0.1, -0.05) is 15.9 Å². The summed E-state index contributed by atoms with van der Waals surface area (Å²) in [6, 6.07) is 7.03. The van der Waals surface area contributed by atoms with Crippen molar-refractivity contribution in [2.45, 2.75) is 30.6 Å². The van der Waals surface area contributed by atoms with Crippen LogP contribution < -0.4 is 10.6 Å². The van der Waals surface area contributed by atoms with Crippen molar-refractivity contribution in [3.63, 3.8) is 0 Å². The van der Waals surface area contributed by atoms with Gasteiger partial charge in [0.1, 0.15) is 24.4 Å². The molecule has 0 spiro atoms. The average molecular weight is 555 g/mol. The van der Waals surface area contributed by atoms with E-state index in [-0.39, 0.29) is 6.54 Å². The molecule has 5 N–H and O–H groups in total. The number of benzene rings is 2. The molecule has 1 aliphatic heterocycles. The van der Waals surface area contributed by atoms with Gasteiger partial charge in [0.25, 0.3) is 23.2 Å². The molecule has 1 fully saturated rings. The molecule has 1 heterocycles. The first kappa shape index (κ1) is 26.1. The summed E-state index contributed by atoms with van der Waals surface area (Å²) in [6.07, 6.45) is -6.52. The molecule has 0 aliphatic carbocycles. The van der Waals surface area contributed by atoms with Crippen molar-refractivity contribution in [3.8, 4) is 0 Å². The van der Waals surface area contributed by atoms with E-state index in [9.17, 15) is 45.1 Å². The summed E-state index contributed by atoms with van der Waals surface area (Å²) in [5.41, 5.74) is -1.60. The Balaban J connectivity index is 1.67. The van der Waals surface area contributed by atoms with Crippen molar-refractivity contribution in [1.82, 2.24) is 10.6 Å². The number of nitrogens with zero attached hydrogens (tertiary/aromatic N) is 2. The fraction of sp³-hybridized carbons (Fsp3) is 0.300. The van der Waals surface area contributed by atoms with Crippen LogP contribution in [0.5, 0.6) is 0 Å². The highest BCUT2D eigenvalue weighted by Crippen LogP contribution is 2.24. The van der Waals surface area contributed by atoms with Crippen LogP contribution in [0.25, 0.3) is 0 Å². The molecule has 2 amide bonds. The number of halogens is 1. The molecule has 0 saturated carbocycles. The smallest absolute Gasteiger partial charge is 0.277 e. The minimum atomic E-state index is -1.85. The van der Waals surface area contributed by atoms with Gasteiger partial charge in [0.15, 0.2) is 6.29 Å². The molecule has 3 rings (SSSR count). The van der Waals surface area contributed by atoms with Gasteiger partial charge >= 0.3 is 0 Å². The Labute approximate surface area is 204 Å². The Morgan fingerprint density at radius 2 is 1.49 bits per heavy atom. The Morgan fingerprint density at radius 3 is 2.03 bits per heavy atom. The number of ether oxygens (including phenoxy) is 1. The fourth-order valence-corrected chi connectivity index (χ4v) is 3.60. The average Bonchev–Trinajstić information content (AvgIpc) is 2.82. The van der Waals surface area contributed by atoms with Crippen LogP contribution in [0, 0.1) is 20.2 Å². The highest BCUT2D eigenvalue weighted by Gasteiger charge is 2.44. The van der Waals surface area contributed by atoms with Gasteiger partial charge < -0.3 is 30.7 Å². The number of rotatable bonds is 7. The lowest BCUT2D eigenvalue weighted by atomic mass is 9.96. The van der Waals surface area contributed by atoms with Gasteiger partial charge in [-0.3, -0.25) is 29.8 Å². The Hall–Kier alpha value is -3.50. The summed E-state index contributed by atoms with van der Waals surface area (Å²) in [5.74, 6) is -1.60. The molecule has 2 aromatic rings. The predicted octanol–water partition coefficient (Wildman–Crippen LogP) is 0.233. The number of nitro groups is 2. The molecule has 2 aromatic carbocycles. The molecule has 15 heteroatoms. The molecule has 5 atom stereocenters. The van der Waals surface area contributed by atoms with Crippen molar-refractivity contribution in [3.05, 3.63) is 78.3 Å². The molecule has 1 unspecified atom stereocenters. The third kappa shape index (κ3) is 6.14. The molecule has 0 radical (unpaired) electrons. The number of aliphatic hydroxyl groups excluding tert-OH is 3. The lowest BCUT2D eigenvalue weighted by Gasteiger charge is -2.41. The summed E-state index contributed by atoms with van der Waals surface area (Å²) in [6.45, 7) is -0.290. The van der Waals surface area contributed by atoms with Gasteiger partial charge in [0, 0.05) is 28.7 Å². The van der Waals surface area contributed by atoms with E-state index < -0.39 is 69.2 Å². The minimum absolute atomic E-state index is 0.290. The number of nitro benzene ring substituents is 2. The van der Waals surface area contributed by atoms with Crippen molar-refractivity contribution < 1.29 is 39.5 Å². The second-order valence-corrected chi connectivity index (χ2v) is 8.43. The molecule has 186 valence electrons. The fourth-order valence-electron chi connectivity index (χ4n) is 3.34. The highest BCUT2D eigenvalue weighted by atomic mass is 79.9. The Morgan fingerprint density at radius 1 is 0.914 bits per heavy atom. The Bertz CT molecular complexity index is 1110. The number of hydrogen-bond acceptors (Lipinski definition) is 10. The van der Waals surface area contributed by atoms with Crippen LogP contribution in [0.4, 0.5) is 11.4 Å². The zero-order valence-corrected chi connectivity index (χ0v) is 19.2. The van der Waals surface area contributed by atoms with Crippen LogP contribution >= 0.6 is 15.9 Å². The summed E-state index contributed by atoms with van der Waals surface area (Å²) >= 11 is 3.24. The first-order valence-electron chi connectivity index (χ1n) is 9.96. The molecular formula is C20H19BrN4O10. The third-order valence-electron chi connectivity index (χ3n) is 5.17. The largest absolute Gasteiger partial charge is 0.388 e. The van der Waals surface area contributed by atoms with Crippen LogP contribution in [0.15, 0.2) is 46.9 Å².